The van der Waals surface area contributed by atoms with Gasteiger partial charge in [-0.1, -0.05) is 0 Å². The van der Waals surface area contributed by atoms with Gasteiger partial charge < -0.3 is 14.2 Å². The number of carbonyl (C=O) groups is 2. The largest absolute Gasteiger partial charge is 0.451 e. The summed E-state index contributed by atoms with van der Waals surface area (Å²) >= 11 is 0. The zero-order valence-electron chi connectivity index (χ0n) is 16.7. The van der Waals surface area contributed by atoms with E-state index in [9.17, 15) is 27.2 Å². The second kappa shape index (κ2) is 8.49. The van der Waals surface area contributed by atoms with Gasteiger partial charge in [0.05, 0.1) is 5.56 Å². The van der Waals surface area contributed by atoms with Crippen molar-refractivity contribution in [3.8, 4) is 11.3 Å². The van der Waals surface area contributed by atoms with Crippen LogP contribution in [0.3, 0.4) is 0 Å². The summed E-state index contributed by atoms with van der Waals surface area (Å²) in [5, 5.41) is 0. The molecule has 0 unspecified atom stereocenters. The fourth-order valence-corrected chi connectivity index (χ4v) is 3.47. The molecule has 0 radical (unpaired) electrons. The lowest BCUT2D eigenvalue weighted by molar-refractivity contribution is -0.137. The zero-order chi connectivity index (χ0) is 22.9. The maximum atomic E-state index is 13.1. The van der Waals surface area contributed by atoms with Crippen molar-refractivity contribution >= 4 is 11.8 Å². The van der Waals surface area contributed by atoms with Gasteiger partial charge in [0, 0.05) is 37.3 Å². The number of amides is 2. The molecule has 0 spiro atoms. The van der Waals surface area contributed by atoms with E-state index in [4.69, 9.17) is 4.42 Å². The van der Waals surface area contributed by atoms with E-state index in [1.54, 1.807) is 29.2 Å². The van der Waals surface area contributed by atoms with Gasteiger partial charge >= 0.3 is 6.18 Å². The Morgan fingerprint density at radius 1 is 0.750 bits per heavy atom. The summed E-state index contributed by atoms with van der Waals surface area (Å²) in [7, 11) is 0. The fourth-order valence-electron chi connectivity index (χ4n) is 3.47. The van der Waals surface area contributed by atoms with Crippen LogP contribution in [-0.2, 0) is 6.18 Å². The highest BCUT2D eigenvalue weighted by molar-refractivity contribution is 5.95. The number of carbonyl (C=O) groups excluding carboxylic acids is 2. The lowest BCUT2D eigenvalue weighted by atomic mass is 10.1. The lowest BCUT2D eigenvalue weighted by Gasteiger charge is -2.34. The first-order chi connectivity index (χ1) is 15.2. The van der Waals surface area contributed by atoms with Gasteiger partial charge in [0.1, 0.15) is 11.6 Å². The Bertz CT molecular complexity index is 1110. The average Bonchev–Trinajstić information content (AvgIpc) is 3.28. The van der Waals surface area contributed by atoms with E-state index < -0.39 is 11.7 Å². The Labute approximate surface area is 180 Å². The summed E-state index contributed by atoms with van der Waals surface area (Å²) in [6, 6.07) is 12.9. The quantitative estimate of drug-likeness (QED) is 0.548. The van der Waals surface area contributed by atoms with Gasteiger partial charge in [-0.25, -0.2) is 4.39 Å². The van der Waals surface area contributed by atoms with Crippen LogP contribution in [0.5, 0.6) is 0 Å². The molecular formula is C23H18F4N2O3. The van der Waals surface area contributed by atoms with Gasteiger partial charge in [0.2, 0.25) is 0 Å². The number of furan rings is 1. The van der Waals surface area contributed by atoms with Gasteiger partial charge in [-0.3, -0.25) is 9.59 Å². The van der Waals surface area contributed by atoms with Crippen LogP contribution in [-0.4, -0.2) is 47.8 Å². The molecule has 2 amide bonds. The maximum Gasteiger partial charge on any atom is 0.416 e. The second-order valence-corrected chi connectivity index (χ2v) is 7.33. The first-order valence-electron chi connectivity index (χ1n) is 9.84. The number of hydrogen-bond acceptors (Lipinski definition) is 3. The molecule has 0 bridgehead atoms. The van der Waals surface area contributed by atoms with Gasteiger partial charge in [0.25, 0.3) is 11.8 Å². The minimum absolute atomic E-state index is 0.131. The summed E-state index contributed by atoms with van der Waals surface area (Å²) in [6.07, 6.45) is -4.46. The summed E-state index contributed by atoms with van der Waals surface area (Å²) in [6.45, 7) is 1.02. The summed E-state index contributed by atoms with van der Waals surface area (Å²) in [5.74, 6) is -0.529. The third-order valence-corrected chi connectivity index (χ3v) is 5.26. The van der Waals surface area contributed by atoms with E-state index >= 15 is 0 Å². The third kappa shape index (κ3) is 4.51. The molecule has 1 fully saturated rings. The molecule has 0 aliphatic carbocycles. The van der Waals surface area contributed by atoms with Crippen LogP contribution < -0.4 is 0 Å². The van der Waals surface area contributed by atoms with Crippen molar-refractivity contribution in [3.63, 3.8) is 0 Å². The molecule has 5 nitrogen and oxygen atoms in total. The van der Waals surface area contributed by atoms with Crippen LogP contribution in [0.15, 0.2) is 65.1 Å². The van der Waals surface area contributed by atoms with Gasteiger partial charge in [-0.05, 0) is 60.7 Å². The minimum Gasteiger partial charge on any atom is -0.451 e. The van der Waals surface area contributed by atoms with E-state index in [0.29, 0.717) is 11.3 Å². The standard InChI is InChI=1S/C23H18F4N2O3/c24-18-7-3-15(4-8-18)19-9-10-20(32-19)22(31)29-13-11-28(12-14-29)21(30)16-1-5-17(6-2-16)23(25,26)27/h1-10H,11-14H2. The summed E-state index contributed by atoms with van der Waals surface area (Å²) < 4.78 is 56.8. The number of benzene rings is 2. The highest BCUT2D eigenvalue weighted by Crippen LogP contribution is 2.29. The predicted molar refractivity (Wildman–Crippen MR) is 107 cm³/mol. The van der Waals surface area contributed by atoms with Crippen LogP contribution in [0, 0.1) is 5.82 Å². The third-order valence-electron chi connectivity index (χ3n) is 5.26. The molecule has 2 aromatic carbocycles. The van der Waals surface area contributed by atoms with Crippen molar-refractivity contribution < 1.29 is 31.6 Å². The van der Waals surface area contributed by atoms with Crippen molar-refractivity contribution in [2.45, 2.75) is 6.18 Å². The van der Waals surface area contributed by atoms with Crippen LogP contribution in [0.2, 0.25) is 0 Å². The van der Waals surface area contributed by atoms with Crippen molar-refractivity contribution in [2.24, 2.45) is 0 Å². The van der Waals surface area contributed by atoms with Crippen LogP contribution in [0.25, 0.3) is 11.3 Å². The molecule has 0 N–H and O–H groups in total. The van der Waals surface area contributed by atoms with E-state index in [2.05, 4.69) is 0 Å². The number of alkyl halides is 3. The Kier molecular flexibility index (Phi) is 5.73. The van der Waals surface area contributed by atoms with Crippen LogP contribution in [0.1, 0.15) is 26.5 Å². The Morgan fingerprint density at radius 3 is 1.88 bits per heavy atom. The Balaban J connectivity index is 1.37. The predicted octanol–water partition coefficient (Wildman–Crippen LogP) is 4.70. The molecule has 0 saturated carbocycles. The topological polar surface area (TPSA) is 53.8 Å². The first kappa shape index (κ1) is 21.6. The van der Waals surface area contributed by atoms with E-state index in [0.717, 1.165) is 24.3 Å². The molecule has 0 atom stereocenters. The molecule has 166 valence electrons. The van der Waals surface area contributed by atoms with Gasteiger partial charge in [-0.15, -0.1) is 0 Å². The molecule has 32 heavy (non-hydrogen) atoms. The Hall–Kier alpha value is -3.62. The van der Waals surface area contributed by atoms with Gasteiger partial charge in [-0.2, -0.15) is 13.2 Å². The highest BCUT2D eigenvalue weighted by Gasteiger charge is 2.31. The van der Waals surface area contributed by atoms with Crippen molar-refractivity contribution in [1.29, 1.82) is 0 Å². The number of nitrogens with zero attached hydrogens (tertiary/aromatic N) is 2. The number of rotatable bonds is 3. The maximum absolute atomic E-state index is 13.1. The lowest BCUT2D eigenvalue weighted by Crippen LogP contribution is -2.50. The van der Waals surface area contributed by atoms with Crippen LogP contribution in [0.4, 0.5) is 17.6 Å². The molecule has 1 aromatic heterocycles. The van der Waals surface area contributed by atoms with E-state index in [-0.39, 0.29) is 55.1 Å². The van der Waals surface area contributed by atoms with Crippen molar-refractivity contribution in [1.82, 2.24) is 9.80 Å². The molecule has 9 heteroatoms. The zero-order valence-corrected chi connectivity index (χ0v) is 16.7. The normalized spacial score (nSPS) is 14.5. The fraction of sp³-hybridized carbons (Fsp3) is 0.217. The minimum atomic E-state index is -4.46. The number of piperazine rings is 1. The summed E-state index contributed by atoms with van der Waals surface area (Å²) in [5.41, 5.74) is -0.0203. The average molecular weight is 446 g/mol. The summed E-state index contributed by atoms with van der Waals surface area (Å²) in [4.78, 5) is 28.4. The van der Waals surface area contributed by atoms with Gasteiger partial charge in [0.15, 0.2) is 5.76 Å². The number of halogens is 4. The Morgan fingerprint density at radius 2 is 1.31 bits per heavy atom. The molecular weight excluding hydrogens is 428 g/mol. The van der Waals surface area contributed by atoms with Crippen LogP contribution >= 0.6 is 0 Å². The molecule has 4 rings (SSSR count). The SMILES string of the molecule is O=C(c1ccc(C(F)(F)F)cc1)N1CCN(C(=O)c2ccc(-c3ccc(F)cc3)o2)CC1. The molecule has 3 aromatic rings. The van der Waals surface area contributed by atoms with E-state index in [1.165, 1.54) is 17.0 Å². The van der Waals surface area contributed by atoms with Crippen molar-refractivity contribution in [2.75, 3.05) is 26.2 Å². The van der Waals surface area contributed by atoms with E-state index in [1.807, 2.05) is 0 Å². The highest BCUT2D eigenvalue weighted by atomic mass is 19.4. The first-order valence-corrected chi connectivity index (χ1v) is 9.84. The number of hydrogen-bond donors (Lipinski definition) is 0. The molecule has 1 saturated heterocycles. The van der Waals surface area contributed by atoms with Crippen molar-refractivity contribution in [3.05, 3.63) is 83.4 Å². The molecule has 2 heterocycles. The second-order valence-electron chi connectivity index (χ2n) is 7.33. The monoisotopic (exact) mass is 446 g/mol. The molecule has 1 aliphatic heterocycles. The smallest absolute Gasteiger partial charge is 0.416 e. The molecule has 1 aliphatic rings.